The number of aryl methyl sites for hydroxylation is 1. The summed E-state index contributed by atoms with van der Waals surface area (Å²) in [5.74, 6) is 0.319. The van der Waals surface area contributed by atoms with Crippen LogP contribution < -0.4 is 15.4 Å². The topological polar surface area (TPSA) is 93.5 Å². The maximum Gasteiger partial charge on any atom is 0.291 e. The number of thiazole rings is 1. The van der Waals surface area contributed by atoms with Gasteiger partial charge >= 0.3 is 0 Å². The van der Waals surface area contributed by atoms with Crippen LogP contribution in [0.3, 0.4) is 0 Å². The first-order chi connectivity index (χ1) is 16.0. The van der Waals surface area contributed by atoms with Crippen LogP contribution in [0.15, 0.2) is 82.8 Å². The van der Waals surface area contributed by atoms with E-state index in [1.165, 1.54) is 12.3 Å². The lowest BCUT2D eigenvalue weighted by atomic mass is 10.2. The molecular formula is C25H21N3O4S. The number of nitrogens with zero attached hydrogens (tertiary/aromatic N) is 1. The summed E-state index contributed by atoms with van der Waals surface area (Å²) in [6.07, 6.45) is 4.61. The molecule has 0 aliphatic rings. The van der Waals surface area contributed by atoms with Gasteiger partial charge in [-0.3, -0.25) is 9.59 Å². The monoisotopic (exact) mass is 459 g/mol. The second-order valence-electron chi connectivity index (χ2n) is 7.05. The minimum atomic E-state index is -0.340. The first-order valence-corrected chi connectivity index (χ1v) is 11.0. The lowest BCUT2D eigenvalue weighted by Gasteiger charge is -2.06. The number of anilines is 2. The molecule has 0 atom stereocenters. The third-order valence-electron chi connectivity index (χ3n) is 4.49. The first kappa shape index (κ1) is 22.0. The van der Waals surface area contributed by atoms with Gasteiger partial charge in [0.1, 0.15) is 12.4 Å². The molecule has 2 aromatic heterocycles. The van der Waals surface area contributed by atoms with Crippen LogP contribution in [0, 0.1) is 6.92 Å². The lowest BCUT2D eigenvalue weighted by molar-refractivity contribution is -0.111. The molecule has 8 heteroatoms. The summed E-state index contributed by atoms with van der Waals surface area (Å²) in [5.41, 5.74) is 2.93. The molecule has 2 amide bonds. The summed E-state index contributed by atoms with van der Waals surface area (Å²) in [7, 11) is 0. The van der Waals surface area contributed by atoms with Crippen molar-refractivity contribution in [1.29, 1.82) is 0 Å². The fraction of sp³-hybridized carbons (Fsp3) is 0.0800. The predicted octanol–water partition coefficient (Wildman–Crippen LogP) is 5.53. The van der Waals surface area contributed by atoms with Gasteiger partial charge in [0, 0.05) is 22.8 Å². The molecule has 166 valence electrons. The average Bonchev–Trinajstić information content (AvgIpc) is 3.50. The maximum absolute atomic E-state index is 12.3. The lowest BCUT2D eigenvalue weighted by Crippen LogP contribution is -2.11. The Morgan fingerprint density at radius 1 is 1.06 bits per heavy atom. The van der Waals surface area contributed by atoms with E-state index in [4.69, 9.17) is 9.15 Å². The van der Waals surface area contributed by atoms with Gasteiger partial charge in [0.25, 0.3) is 5.91 Å². The number of carbonyl (C=O) groups excluding carboxylic acids is 2. The number of amides is 2. The SMILES string of the molecule is Cc1nc(COc2cccc(/C=C/C(=O)Nc3ccc(NC(=O)c4ccco4)cc3)c2)cs1. The van der Waals surface area contributed by atoms with E-state index in [-0.39, 0.29) is 17.6 Å². The molecule has 2 N–H and O–H groups in total. The van der Waals surface area contributed by atoms with E-state index in [0.717, 1.165) is 16.3 Å². The Morgan fingerprint density at radius 2 is 1.85 bits per heavy atom. The second kappa shape index (κ2) is 10.4. The van der Waals surface area contributed by atoms with E-state index in [1.807, 2.05) is 36.6 Å². The molecule has 33 heavy (non-hydrogen) atoms. The summed E-state index contributed by atoms with van der Waals surface area (Å²) in [6.45, 7) is 2.36. The summed E-state index contributed by atoms with van der Waals surface area (Å²) in [6, 6.07) is 17.5. The van der Waals surface area contributed by atoms with Crippen LogP contribution in [0.1, 0.15) is 26.8 Å². The van der Waals surface area contributed by atoms with E-state index >= 15 is 0 Å². The minimum absolute atomic E-state index is 0.227. The smallest absolute Gasteiger partial charge is 0.291 e. The number of aromatic nitrogens is 1. The molecule has 7 nitrogen and oxygen atoms in total. The van der Waals surface area contributed by atoms with Crippen molar-refractivity contribution in [2.75, 3.05) is 10.6 Å². The number of nitrogens with one attached hydrogen (secondary N) is 2. The predicted molar refractivity (Wildman–Crippen MR) is 128 cm³/mol. The van der Waals surface area contributed by atoms with Crippen molar-refractivity contribution in [2.24, 2.45) is 0 Å². The van der Waals surface area contributed by atoms with Crippen molar-refractivity contribution >= 4 is 40.6 Å². The molecule has 0 aliphatic heterocycles. The largest absolute Gasteiger partial charge is 0.487 e. The Morgan fingerprint density at radius 3 is 2.55 bits per heavy atom. The zero-order chi connectivity index (χ0) is 23.0. The zero-order valence-electron chi connectivity index (χ0n) is 17.8. The van der Waals surface area contributed by atoms with E-state index in [9.17, 15) is 9.59 Å². The molecule has 0 aliphatic carbocycles. The van der Waals surface area contributed by atoms with Crippen LogP contribution in [-0.2, 0) is 11.4 Å². The number of rotatable bonds is 8. The van der Waals surface area contributed by atoms with E-state index in [1.54, 1.807) is 53.8 Å². The Kier molecular flexibility index (Phi) is 6.96. The van der Waals surface area contributed by atoms with Crippen LogP contribution in [0.2, 0.25) is 0 Å². The molecule has 0 unspecified atom stereocenters. The Hall–Kier alpha value is -4.17. The van der Waals surface area contributed by atoms with Crippen LogP contribution in [0.5, 0.6) is 5.75 Å². The molecule has 4 rings (SSSR count). The number of benzene rings is 2. The standard InChI is InChI=1S/C25H21N3O4S/c1-17-26-21(16-33-17)15-32-22-5-2-4-18(14-22)7-12-24(29)27-19-8-10-20(11-9-19)28-25(30)23-6-3-13-31-23/h2-14,16H,15H2,1H3,(H,27,29)(H,28,30)/b12-7+. The second-order valence-corrected chi connectivity index (χ2v) is 8.11. The molecule has 0 fully saturated rings. The molecule has 4 aromatic rings. The highest BCUT2D eigenvalue weighted by atomic mass is 32.1. The number of hydrogen-bond donors (Lipinski definition) is 2. The summed E-state index contributed by atoms with van der Waals surface area (Å²) in [5, 5.41) is 8.49. The van der Waals surface area contributed by atoms with E-state index in [0.29, 0.717) is 23.7 Å². The minimum Gasteiger partial charge on any atom is -0.487 e. The van der Waals surface area contributed by atoms with Crippen molar-refractivity contribution in [2.45, 2.75) is 13.5 Å². The van der Waals surface area contributed by atoms with E-state index in [2.05, 4.69) is 15.6 Å². The summed E-state index contributed by atoms with van der Waals surface area (Å²) in [4.78, 5) is 28.7. The zero-order valence-corrected chi connectivity index (χ0v) is 18.6. The van der Waals surface area contributed by atoms with Gasteiger partial charge in [0.15, 0.2) is 5.76 Å². The van der Waals surface area contributed by atoms with Gasteiger partial charge in [-0.25, -0.2) is 4.98 Å². The number of furan rings is 1. The molecule has 2 heterocycles. The van der Waals surface area contributed by atoms with Gasteiger partial charge in [-0.05, 0) is 67.1 Å². The van der Waals surface area contributed by atoms with Crippen molar-refractivity contribution in [1.82, 2.24) is 4.98 Å². The highest BCUT2D eigenvalue weighted by molar-refractivity contribution is 7.09. The molecule has 0 saturated heterocycles. The van der Waals surface area contributed by atoms with Crippen molar-refractivity contribution in [3.8, 4) is 5.75 Å². The molecule has 2 aromatic carbocycles. The first-order valence-electron chi connectivity index (χ1n) is 10.1. The normalized spacial score (nSPS) is 10.8. The van der Waals surface area contributed by atoms with Gasteiger partial charge in [-0.15, -0.1) is 11.3 Å². The van der Waals surface area contributed by atoms with E-state index < -0.39 is 0 Å². The molecule has 0 bridgehead atoms. The Bertz CT molecular complexity index is 1260. The summed E-state index contributed by atoms with van der Waals surface area (Å²) >= 11 is 1.59. The van der Waals surface area contributed by atoms with Crippen LogP contribution >= 0.6 is 11.3 Å². The maximum atomic E-state index is 12.3. The van der Waals surface area contributed by atoms with Crippen molar-refractivity contribution in [3.63, 3.8) is 0 Å². The van der Waals surface area contributed by atoms with Gasteiger partial charge < -0.3 is 19.8 Å². The van der Waals surface area contributed by atoms with Gasteiger partial charge in [-0.2, -0.15) is 0 Å². The Balaban J connectivity index is 1.29. The van der Waals surface area contributed by atoms with Crippen molar-refractivity contribution < 1.29 is 18.7 Å². The summed E-state index contributed by atoms with van der Waals surface area (Å²) < 4.78 is 10.8. The fourth-order valence-electron chi connectivity index (χ4n) is 2.93. The van der Waals surface area contributed by atoms with Crippen LogP contribution in [0.25, 0.3) is 6.08 Å². The van der Waals surface area contributed by atoms with Gasteiger partial charge in [0.05, 0.1) is 17.0 Å². The van der Waals surface area contributed by atoms with Crippen LogP contribution in [-0.4, -0.2) is 16.8 Å². The van der Waals surface area contributed by atoms with Crippen molar-refractivity contribution in [3.05, 3.63) is 100 Å². The number of ether oxygens (including phenoxy) is 1. The molecule has 0 radical (unpaired) electrons. The number of carbonyl (C=O) groups is 2. The third kappa shape index (κ3) is 6.41. The third-order valence-corrected chi connectivity index (χ3v) is 5.32. The fourth-order valence-corrected chi connectivity index (χ4v) is 3.53. The molecule has 0 saturated carbocycles. The Labute approximate surface area is 194 Å². The van der Waals surface area contributed by atoms with Crippen LogP contribution in [0.4, 0.5) is 11.4 Å². The van der Waals surface area contributed by atoms with Gasteiger partial charge in [0.2, 0.25) is 5.91 Å². The molecular weight excluding hydrogens is 438 g/mol. The average molecular weight is 460 g/mol. The van der Waals surface area contributed by atoms with Gasteiger partial charge in [-0.1, -0.05) is 12.1 Å². The molecule has 0 spiro atoms. The highest BCUT2D eigenvalue weighted by Crippen LogP contribution is 2.18. The quantitative estimate of drug-likeness (QED) is 0.338. The highest BCUT2D eigenvalue weighted by Gasteiger charge is 2.08. The number of hydrogen-bond acceptors (Lipinski definition) is 6.